The lowest BCUT2D eigenvalue weighted by Crippen LogP contribution is -2.19. The van der Waals surface area contributed by atoms with E-state index >= 15 is 0 Å². The van der Waals surface area contributed by atoms with Crippen LogP contribution >= 0.6 is 8.58 Å². The molecule has 3 aromatic rings. The topological polar surface area (TPSA) is 35.8 Å². The van der Waals surface area contributed by atoms with Crippen molar-refractivity contribution in [3.63, 3.8) is 0 Å². The van der Waals surface area contributed by atoms with Crippen molar-refractivity contribution >= 4 is 25.4 Å². The Labute approximate surface area is 175 Å². The number of ether oxygens (including phenoxy) is 2. The van der Waals surface area contributed by atoms with Crippen molar-refractivity contribution in [2.24, 2.45) is 5.10 Å². The standard InChI is InChI=1S/C24H29N2O2P/c1-18-14-20(24(2,3)4)15-22(23(18)28-17-27-5)29-21-11-7-6-10-19(21)16-25-26-12-8-9-13-26/h6-16,29H,17H2,1-5H3. The first-order valence-electron chi connectivity index (χ1n) is 9.69. The smallest absolute Gasteiger partial charge is 0.188 e. The predicted molar refractivity (Wildman–Crippen MR) is 124 cm³/mol. The summed E-state index contributed by atoms with van der Waals surface area (Å²) in [6.07, 6.45) is 5.76. The first kappa shape index (κ1) is 21.3. The average Bonchev–Trinajstić information content (AvgIpc) is 3.19. The molecule has 29 heavy (non-hydrogen) atoms. The van der Waals surface area contributed by atoms with Crippen LogP contribution < -0.4 is 15.3 Å². The molecule has 4 nitrogen and oxygen atoms in total. The monoisotopic (exact) mass is 408 g/mol. The van der Waals surface area contributed by atoms with Crippen LogP contribution in [-0.2, 0) is 10.2 Å². The van der Waals surface area contributed by atoms with Crippen LogP contribution in [0.2, 0.25) is 0 Å². The largest absolute Gasteiger partial charge is 0.467 e. The second-order valence-electron chi connectivity index (χ2n) is 7.99. The molecule has 0 saturated carbocycles. The van der Waals surface area contributed by atoms with Crippen LogP contribution in [0.4, 0.5) is 0 Å². The van der Waals surface area contributed by atoms with Gasteiger partial charge in [-0.15, -0.1) is 0 Å². The summed E-state index contributed by atoms with van der Waals surface area (Å²) in [5, 5.41) is 6.95. The molecular weight excluding hydrogens is 379 g/mol. The third-order valence-electron chi connectivity index (χ3n) is 4.61. The summed E-state index contributed by atoms with van der Waals surface area (Å²) in [6, 6.07) is 16.8. The normalized spacial score (nSPS) is 12.3. The molecule has 0 aliphatic heterocycles. The van der Waals surface area contributed by atoms with E-state index < -0.39 is 0 Å². The van der Waals surface area contributed by atoms with Crippen molar-refractivity contribution in [1.82, 2.24) is 4.68 Å². The van der Waals surface area contributed by atoms with Crippen molar-refractivity contribution in [2.45, 2.75) is 33.1 Å². The molecular formula is C24H29N2O2P. The number of hydrogen-bond acceptors (Lipinski definition) is 3. The Kier molecular flexibility index (Phi) is 6.89. The summed E-state index contributed by atoms with van der Waals surface area (Å²) in [5.74, 6) is 0.912. The van der Waals surface area contributed by atoms with Crippen LogP contribution in [0.1, 0.15) is 37.5 Å². The zero-order valence-electron chi connectivity index (χ0n) is 17.8. The second kappa shape index (κ2) is 9.39. The zero-order valence-corrected chi connectivity index (χ0v) is 18.8. The van der Waals surface area contributed by atoms with Crippen molar-refractivity contribution in [3.05, 3.63) is 77.6 Å². The van der Waals surface area contributed by atoms with E-state index in [1.54, 1.807) is 11.8 Å². The Morgan fingerprint density at radius 3 is 2.45 bits per heavy atom. The number of methoxy groups -OCH3 is 1. The van der Waals surface area contributed by atoms with E-state index in [1.165, 1.54) is 16.2 Å². The maximum Gasteiger partial charge on any atom is 0.188 e. The van der Waals surface area contributed by atoms with Crippen molar-refractivity contribution in [2.75, 3.05) is 13.9 Å². The van der Waals surface area contributed by atoms with Crippen LogP contribution in [0, 0.1) is 6.92 Å². The molecule has 0 aliphatic carbocycles. The van der Waals surface area contributed by atoms with Gasteiger partial charge in [0.05, 0.1) is 6.21 Å². The summed E-state index contributed by atoms with van der Waals surface area (Å²) in [6.45, 7) is 9.06. The lowest BCUT2D eigenvalue weighted by Gasteiger charge is -2.23. The lowest BCUT2D eigenvalue weighted by molar-refractivity contribution is 0.0514. The van der Waals surface area contributed by atoms with Gasteiger partial charge in [0, 0.05) is 30.4 Å². The number of rotatable bonds is 7. The molecule has 0 fully saturated rings. The van der Waals surface area contributed by atoms with Gasteiger partial charge in [0.25, 0.3) is 0 Å². The van der Waals surface area contributed by atoms with Gasteiger partial charge in [-0.3, -0.25) is 0 Å². The van der Waals surface area contributed by atoms with Gasteiger partial charge in [-0.2, -0.15) is 5.10 Å². The van der Waals surface area contributed by atoms with Gasteiger partial charge in [-0.05, 0) is 47.0 Å². The SMILES string of the molecule is COCOc1c(C)cc(C(C)(C)C)cc1Pc1ccccc1C=Nn1cccc1. The molecule has 0 spiro atoms. The fourth-order valence-corrected chi connectivity index (χ4v) is 4.38. The van der Waals surface area contributed by atoms with E-state index in [4.69, 9.17) is 9.47 Å². The minimum atomic E-state index is 0.0686. The third-order valence-corrected chi connectivity index (χ3v) is 5.98. The lowest BCUT2D eigenvalue weighted by atomic mass is 9.86. The van der Waals surface area contributed by atoms with Gasteiger partial charge in [0.1, 0.15) is 5.75 Å². The minimum absolute atomic E-state index is 0.0686. The van der Waals surface area contributed by atoms with Crippen LogP contribution in [0.5, 0.6) is 5.75 Å². The molecule has 1 heterocycles. The molecule has 0 N–H and O–H groups in total. The van der Waals surface area contributed by atoms with Crippen LogP contribution in [-0.4, -0.2) is 24.8 Å². The van der Waals surface area contributed by atoms with Gasteiger partial charge in [0.2, 0.25) is 0 Å². The molecule has 5 heteroatoms. The summed E-state index contributed by atoms with van der Waals surface area (Å²) in [5.41, 5.74) is 3.62. The Hall–Kier alpha value is -2.42. The molecule has 3 rings (SSSR count). The van der Waals surface area contributed by atoms with Gasteiger partial charge in [-0.1, -0.05) is 59.7 Å². The molecule has 1 aromatic heterocycles. The molecule has 1 unspecified atom stereocenters. The Morgan fingerprint density at radius 2 is 1.76 bits per heavy atom. The summed E-state index contributed by atoms with van der Waals surface area (Å²) < 4.78 is 12.9. The number of hydrogen-bond donors (Lipinski definition) is 0. The highest BCUT2D eigenvalue weighted by molar-refractivity contribution is 7.56. The zero-order chi connectivity index (χ0) is 20.9. The minimum Gasteiger partial charge on any atom is -0.467 e. The molecule has 0 radical (unpaired) electrons. The van der Waals surface area contributed by atoms with E-state index in [0.717, 1.165) is 16.9 Å². The second-order valence-corrected chi connectivity index (χ2v) is 9.32. The molecule has 1 atom stereocenters. The van der Waals surface area contributed by atoms with Crippen molar-refractivity contribution < 1.29 is 9.47 Å². The maximum absolute atomic E-state index is 5.96. The fraction of sp³-hybridized carbons (Fsp3) is 0.292. The highest BCUT2D eigenvalue weighted by Crippen LogP contribution is 2.30. The highest BCUT2D eigenvalue weighted by atomic mass is 31.1. The van der Waals surface area contributed by atoms with Crippen LogP contribution in [0.15, 0.2) is 66.0 Å². The summed E-state index contributed by atoms with van der Waals surface area (Å²) in [7, 11) is 2.10. The van der Waals surface area contributed by atoms with Gasteiger partial charge in [-0.25, -0.2) is 4.68 Å². The molecule has 0 amide bonds. The molecule has 152 valence electrons. The predicted octanol–water partition coefficient (Wildman–Crippen LogP) is 4.59. The average molecular weight is 408 g/mol. The molecule has 2 aromatic carbocycles. The van der Waals surface area contributed by atoms with Crippen molar-refractivity contribution in [3.8, 4) is 5.75 Å². The highest BCUT2D eigenvalue weighted by Gasteiger charge is 2.19. The molecule has 0 bridgehead atoms. The molecule has 0 aliphatic rings. The number of benzene rings is 2. The number of aromatic nitrogens is 1. The van der Waals surface area contributed by atoms with E-state index in [0.29, 0.717) is 8.58 Å². The Bertz CT molecular complexity index is 973. The van der Waals surface area contributed by atoms with E-state index in [1.807, 2.05) is 36.8 Å². The number of aryl methyl sites for hydroxylation is 1. The Morgan fingerprint density at radius 1 is 1.03 bits per heavy atom. The van der Waals surface area contributed by atoms with E-state index in [-0.39, 0.29) is 12.2 Å². The van der Waals surface area contributed by atoms with E-state index in [2.05, 4.69) is 63.1 Å². The fourth-order valence-electron chi connectivity index (χ4n) is 3.01. The third kappa shape index (κ3) is 5.56. The van der Waals surface area contributed by atoms with Crippen LogP contribution in [0.25, 0.3) is 0 Å². The van der Waals surface area contributed by atoms with Crippen LogP contribution in [0.3, 0.4) is 0 Å². The quantitative estimate of drug-likeness (QED) is 0.326. The first-order chi connectivity index (χ1) is 13.9. The van der Waals surface area contributed by atoms with Gasteiger partial charge < -0.3 is 9.47 Å². The van der Waals surface area contributed by atoms with Crippen molar-refractivity contribution in [1.29, 1.82) is 0 Å². The summed E-state index contributed by atoms with van der Waals surface area (Å²) >= 11 is 0. The molecule has 0 saturated heterocycles. The Balaban J connectivity index is 1.99. The van der Waals surface area contributed by atoms with Gasteiger partial charge in [0.15, 0.2) is 6.79 Å². The van der Waals surface area contributed by atoms with Gasteiger partial charge >= 0.3 is 0 Å². The maximum atomic E-state index is 5.96. The first-order valence-corrected chi connectivity index (χ1v) is 10.7. The number of nitrogens with zero attached hydrogens (tertiary/aromatic N) is 2. The van der Waals surface area contributed by atoms with E-state index in [9.17, 15) is 0 Å². The summed E-state index contributed by atoms with van der Waals surface area (Å²) in [4.78, 5) is 0.